The summed E-state index contributed by atoms with van der Waals surface area (Å²) in [6.45, 7) is 1.03. The van der Waals surface area contributed by atoms with E-state index in [1.54, 1.807) is 6.92 Å². The van der Waals surface area contributed by atoms with E-state index in [9.17, 15) is 19.7 Å². The van der Waals surface area contributed by atoms with Crippen LogP contribution in [0.25, 0.3) is 0 Å². The Bertz CT molecular complexity index is 917. The van der Waals surface area contributed by atoms with Gasteiger partial charge in [0.2, 0.25) is 0 Å². The van der Waals surface area contributed by atoms with Gasteiger partial charge in [-0.2, -0.15) is 0 Å². The number of hydrogen-bond acceptors (Lipinski definition) is 6. The molecule has 27 heavy (non-hydrogen) atoms. The SMILES string of the molecule is COc1cc(NC(=O)COC(=O)c2ccc(Cl)c(Cl)c2)c(C)cc1[N+](=O)[O-]. The molecule has 1 amide bonds. The second-order valence-corrected chi connectivity index (χ2v) is 6.16. The highest BCUT2D eigenvalue weighted by Crippen LogP contribution is 2.32. The zero-order valence-electron chi connectivity index (χ0n) is 14.2. The number of rotatable bonds is 6. The first-order chi connectivity index (χ1) is 12.7. The van der Waals surface area contributed by atoms with Crippen LogP contribution in [-0.4, -0.2) is 30.5 Å². The van der Waals surface area contributed by atoms with E-state index < -0.39 is 23.4 Å². The number of benzene rings is 2. The summed E-state index contributed by atoms with van der Waals surface area (Å²) in [5, 5.41) is 14.0. The fourth-order valence-corrected chi connectivity index (χ4v) is 2.44. The molecule has 0 spiro atoms. The predicted octanol–water partition coefficient (Wildman–Crippen LogP) is 4.01. The van der Waals surface area contributed by atoms with Crippen LogP contribution in [0, 0.1) is 17.0 Å². The number of amides is 1. The highest BCUT2D eigenvalue weighted by Gasteiger charge is 2.19. The van der Waals surface area contributed by atoms with Gasteiger partial charge in [-0.25, -0.2) is 4.79 Å². The molecule has 2 rings (SSSR count). The summed E-state index contributed by atoms with van der Waals surface area (Å²) in [7, 11) is 1.28. The summed E-state index contributed by atoms with van der Waals surface area (Å²) in [6, 6.07) is 6.78. The first kappa shape index (κ1) is 20.5. The van der Waals surface area contributed by atoms with E-state index in [-0.39, 0.29) is 27.0 Å². The summed E-state index contributed by atoms with van der Waals surface area (Å²) in [5.41, 5.74) is 0.670. The van der Waals surface area contributed by atoms with Crippen LogP contribution in [0.5, 0.6) is 5.75 Å². The number of nitro groups is 1. The van der Waals surface area contributed by atoms with Gasteiger partial charge in [-0.05, 0) is 30.7 Å². The largest absolute Gasteiger partial charge is 0.490 e. The summed E-state index contributed by atoms with van der Waals surface area (Å²) < 4.78 is 9.88. The van der Waals surface area contributed by atoms with Crippen LogP contribution in [0.3, 0.4) is 0 Å². The van der Waals surface area contributed by atoms with E-state index in [1.807, 2.05) is 0 Å². The Morgan fingerprint density at radius 2 is 1.89 bits per heavy atom. The standard InChI is InChI=1S/C17H14Cl2N2O6/c1-9-5-14(21(24)25)15(26-2)7-13(9)20-16(22)8-27-17(23)10-3-4-11(18)12(19)6-10/h3-7H,8H2,1-2H3,(H,20,22). The van der Waals surface area contributed by atoms with Gasteiger partial charge in [-0.15, -0.1) is 0 Å². The first-order valence-corrected chi connectivity index (χ1v) is 8.23. The third-order valence-electron chi connectivity index (χ3n) is 3.49. The number of anilines is 1. The monoisotopic (exact) mass is 412 g/mol. The van der Waals surface area contributed by atoms with Gasteiger partial charge in [-0.3, -0.25) is 14.9 Å². The second kappa shape index (κ2) is 8.70. The summed E-state index contributed by atoms with van der Waals surface area (Å²) in [4.78, 5) is 34.4. The Morgan fingerprint density at radius 1 is 1.19 bits per heavy atom. The van der Waals surface area contributed by atoms with Crippen LogP contribution in [0.4, 0.5) is 11.4 Å². The molecule has 0 saturated heterocycles. The van der Waals surface area contributed by atoms with Crippen molar-refractivity contribution in [2.75, 3.05) is 19.0 Å². The number of nitro benzene ring substituents is 1. The van der Waals surface area contributed by atoms with E-state index in [4.69, 9.17) is 32.7 Å². The number of ether oxygens (including phenoxy) is 2. The minimum absolute atomic E-state index is 0.00583. The van der Waals surface area contributed by atoms with Crippen LogP contribution in [0.2, 0.25) is 10.0 Å². The molecule has 0 aliphatic carbocycles. The van der Waals surface area contributed by atoms with Crippen molar-refractivity contribution in [3.05, 3.63) is 61.6 Å². The van der Waals surface area contributed by atoms with Crippen molar-refractivity contribution < 1.29 is 24.0 Å². The molecule has 0 aliphatic rings. The molecule has 0 saturated carbocycles. The van der Waals surface area contributed by atoms with Crippen molar-refractivity contribution in [2.45, 2.75) is 6.92 Å². The van der Waals surface area contributed by atoms with Gasteiger partial charge >= 0.3 is 11.7 Å². The Morgan fingerprint density at radius 3 is 2.48 bits per heavy atom. The lowest BCUT2D eigenvalue weighted by atomic mass is 10.1. The maximum Gasteiger partial charge on any atom is 0.338 e. The molecule has 8 nitrogen and oxygen atoms in total. The third-order valence-corrected chi connectivity index (χ3v) is 4.23. The minimum atomic E-state index is -0.748. The molecule has 0 radical (unpaired) electrons. The Hall–Kier alpha value is -2.84. The molecule has 0 atom stereocenters. The van der Waals surface area contributed by atoms with Gasteiger partial charge in [0.1, 0.15) is 0 Å². The van der Waals surface area contributed by atoms with Crippen LogP contribution in [0.1, 0.15) is 15.9 Å². The number of esters is 1. The molecule has 0 bridgehead atoms. The summed E-state index contributed by atoms with van der Waals surface area (Å²) in [6.07, 6.45) is 0. The number of hydrogen-bond donors (Lipinski definition) is 1. The number of carbonyl (C=O) groups is 2. The van der Waals surface area contributed by atoms with E-state index >= 15 is 0 Å². The lowest BCUT2D eigenvalue weighted by Crippen LogP contribution is -2.21. The van der Waals surface area contributed by atoms with Crippen LogP contribution < -0.4 is 10.1 Å². The van der Waals surface area contributed by atoms with Crippen molar-refractivity contribution in [1.82, 2.24) is 0 Å². The van der Waals surface area contributed by atoms with Crippen LogP contribution in [-0.2, 0) is 9.53 Å². The molecule has 1 N–H and O–H groups in total. The topological polar surface area (TPSA) is 108 Å². The quantitative estimate of drug-likeness (QED) is 0.436. The van der Waals surface area contributed by atoms with E-state index in [2.05, 4.69) is 5.32 Å². The normalized spacial score (nSPS) is 10.2. The summed E-state index contributed by atoms with van der Waals surface area (Å²) >= 11 is 11.6. The fourth-order valence-electron chi connectivity index (χ4n) is 2.14. The molecule has 0 heterocycles. The average molecular weight is 413 g/mol. The molecule has 0 unspecified atom stereocenters. The van der Waals surface area contributed by atoms with Crippen molar-refractivity contribution in [3.63, 3.8) is 0 Å². The van der Waals surface area contributed by atoms with E-state index in [0.29, 0.717) is 11.3 Å². The summed E-state index contributed by atoms with van der Waals surface area (Å²) in [5.74, 6) is -1.38. The zero-order valence-corrected chi connectivity index (χ0v) is 15.8. The number of aryl methyl sites for hydroxylation is 1. The first-order valence-electron chi connectivity index (χ1n) is 7.48. The van der Waals surface area contributed by atoms with Gasteiger partial charge in [-0.1, -0.05) is 23.2 Å². The number of nitrogens with zero attached hydrogens (tertiary/aromatic N) is 1. The van der Waals surface area contributed by atoms with Crippen molar-refractivity contribution in [1.29, 1.82) is 0 Å². The number of methoxy groups -OCH3 is 1. The highest BCUT2D eigenvalue weighted by molar-refractivity contribution is 6.42. The van der Waals surface area contributed by atoms with Crippen LogP contribution in [0.15, 0.2) is 30.3 Å². The highest BCUT2D eigenvalue weighted by atomic mass is 35.5. The number of carbonyl (C=O) groups excluding carboxylic acids is 2. The number of nitrogens with one attached hydrogen (secondary N) is 1. The molecule has 142 valence electrons. The van der Waals surface area contributed by atoms with Gasteiger partial charge in [0.25, 0.3) is 5.91 Å². The smallest absolute Gasteiger partial charge is 0.338 e. The van der Waals surface area contributed by atoms with Crippen molar-refractivity contribution in [3.8, 4) is 5.75 Å². The Kier molecular flexibility index (Phi) is 6.59. The molecule has 10 heteroatoms. The van der Waals surface area contributed by atoms with Gasteiger partial charge < -0.3 is 14.8 Å². The van der Waals surface area contributed by atoms with E-state index in [1.165, 1.54) is 37.4 Å². The predicted molar refractivity (Wildman–Crippen MR) is 99.8 cm³/mol. The lowest BCUT2D eigenvalue weighted by Gasteiger charge is -2.11. The number of halogens is 2. The molecule has 2 aromatic carbocycles. The minimum Gasteiger partial charge on any atom is -0.490 e. The van der Waals surface area contributed by atoms with Gasteiger partial charge in [0.05, 0.1) is 27.6 Å². The average Bonchev–Trinajstić information content (AvgIpc) is 2.63. The Labute approximate surface area is 164 Å². The molecular weight excluding hydrogens is 399 g/mol. The third kappa shape index (κ3) is 5.08. The molecule has 0 fully saturated rings. The van der Waals surface area contributed by atoms with Gasteiger partial charge in [0, 0.05) is 17.8 Å². The van der Waals surface area contributed by atoms with Crippen molar-refractivity contribution in [2.24, 2.45) is 0 Å². The fraction of sp³-hybridized carbons (Fsp3) is 0.176. The lowest BCUT2D eigenvalue weighted by molar-refractivity contribution is -0.385. The molecule has 0 aliphatic heterocycles. The maximum absolute atomic E-state index is 12.0. The molecule has 2 aromatic rings. The van der Waals surface area contributed by atoms with E-state index in [0.717, 1.165) is 0 Å². The zero-order chi connectivity index (χ0) is 20.1. The van der Waals surface area contributed by atoms with Crippen molar-refractivity contribution >= 4 is 46.5 Å². The van der Waals surface area contributed by atoms with Gasteiger partial charge in [0.15, 0.2) is 12.4 Å². The Balaban J connectivity index is 2.04. The second-order valence-electron chi connectivity index (χ2n) is 5.35. The maximum atomic E-state index is 12.0. The molecule has 0 aromatic heterocycles. The van der Waals surface area contributed by atoms with Crippen LogP contribution >= 0.6 is 23.2 Å². The molecular formula is C17H14Cl2N2O6.